The van der Waals surface area contributed by atoms with Crippen LogP contribution in [0.25, 0.3) is 0 Å². The fourth-order valence-electron chi connectivity index (χ4n) is 2.43. The molecule has 0 radical (unpaired) electrons. The minimum atomic E-state index is 0.113. The molecule has 1 unspecified atom stereocenters. The highest BCUT2D eigenvalue weighted by molar-refractivity contribution is 5.94. The second-order valence-electron chi connectivity index (χ2n) is 4.90. The summed E-state index contributed by atoms with van der Waals surface area (Å²) < 4.78 is 0. The van der Waals surface area contributed by atoms with Crippen LogP contribution in [0, 0.1) is 6.92 Å². The molecule has 4 heteroatoms. The fourth-order valence-corrected chi connectivity index (χ4v) is 2.43. The zero-order valence-corrected chi connectivity index (χ0v) is 11.1. The van der Waals surface area contributed by atoms with Crippen molar-refractivity contribution < 1.29 is 4.79 Å². The Labute approximate surface area is 108 Å². The Morgan fingerprint density at radius 1 is 1.56 bits per heavy atom. The Balaban J connectivity index is 2.17. The van der Waals surface area contributed by atoms with Gasteiger partial charge in [0.05, 0.1) is 5.56 Å². The zero-order chi connectivity index (χ0) is 13.0. The van der Waals surface area contributed by atoms with Crippen LogP contribution in [0.15, 0.2) is 18.5 Å². The summed E-state index contributed by atoms with van der Waals surface area (Å²) in [7, 11) is 0. The molecule has 0 spiro atoms. The molecule has 2 heterocycles. The number of nitrogens with zero attached hydrogens (tertiary/aromatic N) is 2. The van der Waals surface area contributed by atoms with Gasteiger partial charge in [0.2, 0.25) is 0 Å². The largest absolute Gasteiger partial charge is 0.334 e. The zero-order valence-electron chi connectivity index (χ0n) is 11.1. The van der Waals surface area contributed by atoms with E-state index >= 15 is 0 Å². The second-order valence-corrected chi connectivity index (χ2v) is 4.90. The van der Waals surface area contributed by atoms with Gasteiger partial charge in [0.25, 0.3) is 5.91 Å². The van der Waals surface area contributed by atoms with Crippen LogP contribution in [0.3, 0.4) is 0 Å². The number of nitrogens with one attached hydrogen (secondary N) is 1. The lowest BCUT2D eigenvalue weighted by Crippen LogP contribution is -2.42. The van der Waals surface area contributed by atoms with Gasteiger partial charge in [-0.05, 0) is 37.9 Å². The number of aryl methyl sites for hydroxylation is 1. The number of hydrogen-bond acceptors (Lipinski definition) is 3. The molecule has 1 atom stereocenters. The van der Waals surface area contributed by atoms with Crippen LogP contribution in [0.4, 0.5) is 0 Å². The summed E-state index contributed by atoms with van der Waals surface area (Å²) in [4.78, 5) is 18.6. The van der Waals surface area contributed by atoms with Crippen molar-refractivity contribution in [1.29, 1.82) is 0 Å². The van der Waals surface area contributed by atoms with E-state index in [4.69, 9.17) is 0 Å². The molecule has 0 aliphatic carbocycles. The molecule has 2 rings (SSSR count). The number of hydrogen-bond donors (Lipinski definition) is 1. The molecule has 1 aromatic rings. The first-order chi connectivity index (χ1) is 8.72. The molecule has 1 aromatic heterocycles. The predicted octanol–water partition coefficient (Wildman–Crippen LogP) is 1.60. The number of rotatable bonds is 4. The number of aromatic nitrogens is 1. The molecule has 1 fully saturated rings. The molecule has 0 saturated carbocycles. The topological polar surface area (TPSA) is 45.2 Å². The monoisotopic (exact) mass is 247 g/mol. The Bertz CT molecular complexity index is 413. The van der Waals surface area contributed by atoms with E-state index in [0.717, 1.165) is 38.0 Å². The van der Waals surface area contributed by atoms with E-state index < -0.39 is 0 Å². The molecular weight excluding hydrogens is 226 g/mol. The maximum Gasteiger partial charge on any atom is 0.255 e. The van der Waals surface area contributed by atoms with Crippen LogP contribution >= 0.6 is 0 Å². The van der Waals surface area contributed by atoms with Gasteiger partial charge in [-0.3, -0.25) is 9.78 Å². The van der Waals surface area contributed by atoms with Gasteiger partial charge in [0, 0.05) is 31.5 Å². The first-order valence-corrected chi connectivity index (χ1v) is 6.65. The highest BCUT2D eigenvalue weighted by Gasteiger charge is 2.26. The third kappa shape index (κ3) is 2.88. The van der Waals surface area contributed by atoms with Gasteiger partial charge in [-0.2, -0.15) is 0 Å². The summed E-state index contributed by atoms with van der Waals surface area (Å²) in [5.41, 5.74) is 1.73. The van der Waals surface area contributed by atoms with Crippen LogP contribution in [0.5, 0.6) is 0 Å². The Hall–Kier alpha value is -1.42. The van der Waals surface area contributed by atoms with Crippen molar-refractivity contribution in [3.05, 3.63) is 29.6 Å². The van der Waals surface area contributed by atoms with Crippen molar-refractivity contribution in [1.82, 2.24) is 15.2 Å². The third-order valence-corrected chi connectivity index (χ3v) is 3.32. The van der Waals surface area contributed by atoms with E-state index in [0.29, 0.717) is 11.6 Å². The van der Waals surface area contributed by atoms with Crippen molar-refractivity contribution in [3.8, 4) is 0 Å². The number of carbonyl (C=O) groups excluding carboxylic acids is 1. The van der Waals surface area contributed by atoms with Crippen LogP contribution in [0.1, 0.15) is 35.7 Å². The molecule has 0 bridgehead atoms. The van der Waals surface area contributed by atoms with Crippen LogP contribution < -0.4 is 5.32 Å². The predicted molar refractivity (Wildman–Crippen MR) is 71.6 cm³/mol. The van der Waals surface area contributed by atoms with Gasteiger partial charge < -0.3 is 10.2 Å². The van der Waals surface area contributed by atoms with E-state index in [9.17, 15) is 4.79 Å². The summed E-state index contributed by atoms with van der Waals surface area (Å²) >= 11 is 0. The van der Waals surface area contributed by atoms with Gasteiger partial charge >= 0.3 is 0 Å². The van der Waals surface area contributed by atoms with Gasteiger partial charge in [-0.1, -0.05) is 6.92 Å². The van der Waals surface area contributed by atoms with Crippen molar-refractivity contribution in [2.24, 2.45) is 0 Å². The van der Waals surface area contributed by atoms with Gasteiger partial charge in [0.1, 0.15) is 0 Å². The van der Waals surface area contributed by atoms with Crippen LogP contribution in [-0.4, -0.2) is 41.5 Å². The van der Waals surface area contributed by atoms with Crippen molar-refractivity contribution >= 4 is 5.91 Å². The minimum absolute atomic E-state index is 0.113. The van der Waals surface area contributed by atoms with E-state index in [1.807, 2.05) is 17.9 Å². The SMILES string of the molecule is CCCN(C(=O)c1cncc(C)c1)C1CCNC1. The van der Waals surface area contributed by atoms with Crippen molar-refractivity contribution in [2.45, 2.75) is 32.7 Å². The Morgan fingerprint density at radius 3 is 3.00 bits per heavy atom. The Kier molecular flexibility index (Phi) is 4.31. The second kappa shape index (κ2) is 5.96. The number of carbonyl (C=O) groups is 1. The molecular formula is C14H21N3O. The molecule has 1 N–H and O–H groups in total. The quantitative estimate of drug-likeness (QED) is 0.879. The van der Waals surface area contributed by atoms with Gasteiger partial charge in [0.15, 0.2) is 0 Å². The smallest absolute Gasteiger partial charge is 0.255 e. The van der Waals surface area contributed by atoms with Crippen molar-refractivity contribution in [2.75, 3.05) is 19.6 Å². The molecule has 4 nitrogen and oxygen atoms in total. The molecule has 1 aliphatic rings. The summed E-state index contributed by atoms with van der Waals surface area (Å²) in [5.74, 6) is 0.113. The number of amides is 1. The first-order valence-electron chi connectivity index (χ1n) is 6.65. The van der Waals surface area contributed by atoms with Crippen molar-refractivity contribution in [3.63, 3.8) is 0 Å². The minimum Gasteiger partial charge on any atom is -0.334 e. The lowest BCUT2D eigenvalue weighted by molar-refractivity contribution is 0.0691. The maximum absolute atomic E-state index is 12.5. The average Bonchev–Trinajstić information content (AvgIpc) is 2.89. The highest BCUT2D eigenvalue weighted by atomic mass is 16.2. The lowest BCUT2D eigenvalue weighted by atomic mass is 10.1. The standard InChI is InChI=1S/C14H21N3O/c1-3-6-17(13-4-5-15-10-13)14(18)12-7-11(2)8-16-9-12/h7-9,13,15H,3-6,10H2,1-2H3. The maximum atomic E-state index is 12.5. The molecule has 0 aromatic carbocycles. The summed E-state index contributed by atoms with van der Waals surface area (Å²) in [5, 5.41) is 3.32. The molecule has 1 aliphatic heterocycles. The van der Waals surface area contributed by atoms with E-state index in [-0.39, 0.29) is 5.91 Å². The highest BCUT2D eigenvalue weighted by Crippen LogP contribution is 2.14. The molecule has 18 heavy (non-hydrogen) atoms. The fraction of sp³-hybridized carbons (Fsp3) is 0.571. The van der Waals surface area contributed by atoms with E-state index in [2.05, 4.69) is 17.2 Å². The normalized spacial score (nSPS) is 18.9. The molecule has 1 saturated heterocycles. The van der Waals surface area contributed by atoms with Crippen LogP contribution in [0.2, 0.25) is 0 Å². The lowest BCUT2D eigenvalue weighted by Gasteiger charge is -2.28. The third-order valence-electron chi connectivity index (χ3n) is 3.32. The van der Waals surface area contributed by atoms with E-state index in [1.54, 1.807) is 12.4 Å². The first kappa shape index (κ1) is 13.0. The molecule has 1 amide bonds. The van der Waals surface area contributed by atoms with Crippen LogP contribution in [-0.2, 0) is 0 Å². The van der Waals surface area contributed by atoms with Gasteiger partial charge in [-0.15, -0.1) is 0 Å². The van der Waals surface area contributed by atoms with Gasteiger partial charge in [-0.25, -0.2) is 0 Å². The van der Waals surface area contributed by atoms with E-state index in [1.165, 1.54) is 0 Å². The summed E-state index contributed by atoms with van der Waals surface area (Å²) in [6.45, 7) is 6.80. The summed E-state index contributed by atoms with van der Waals surface area (Å²) in [6, 6.07) is 2.25. The summed E-state index contributed by atoms with van der Waals surface area (Å²) in [6.07, 6.45) is 5.48. The number of pyridine rings is 1. The average molecular weight is 247 g/mol. The Morgan fingerprint density at radius 2 is 2.39 bits per heavy atom. The molecule has 98 valence electrons.